The summed E-state index contributed by atoms with van der Waals surface area (Å²) < 4.78 is 29.3. The molecule has 0 radical (unpaired) electrons. The molecule has 0 aliphatic heterocycles. The van der Waals surface area contributed by atoms with Crippen LogP contribution in [0.25, 0.3) is 0 Å². The zero-order valence-electron chi connectivity index (χ0n) is 11.3. The van der Waals surface area contributed by atoms with E-state index in [9.17, 15) is 8.42 Å². The van der Waals surface area contributed by atoms with E-state index >= 15 is 0 Å². The van der Waals surface area contributed by atoms with Crippen molar-refractivity contribution < 1.29 is 12.8 Å². The number of rotatable bonds is 6. The molecule has 0 saturated carbocycles. The number of hydrogen-bond donors (Lipinski definition) is 0. The third-order valence-electron chi connectivity index (χ3n) is 2.78. The molecule has 0 bridgehead atoms. The molecule has 0 aliphatic rings. The molecule has 8 heteroatoms. The van der Waals surface area contributed by atoms with Crippen LogP contribution in [-0.2, 0) is 22.0 Å². The van der Waals surface area contributed by atoms with E-state index in [1.807, 2.05) is 0 Å². The predicted octanol–water partition coefficient (Wildman–Crippen LogP) is 3.23. The topological polar surface area (TPSA) is 73.1 Å². The minimum atomic E-state index is -3.22. The van der Waals surface area contributed by atoms with Gasteiger partial charge in [0.15, 0.2) is 9.84 Å². The van der Waals surface area contributed by atoms with Crippen LogP contribution in [0.1, 0.15) is 23.8 Å². The highest BCUT2D eigenvalue weighted by Gasteiger charge is 2.14. The molecule has 0 spiro atoms. The zero-order valence-corrected chi connectivity index (χ0v) is 13.7. The fourth-order valence-electron chi connectivity index (χ4n) is 1.84. The van der Waals surface area contributed by atoms with Crippen LogP contribution in [0.3, 0.4) is 0 Å². The summed E-state index contributed by atoms with van der Waals surface area (Å²) in [6.07, 6.45) is 0.882. The molecule has 114 valence electrons. The van der Waals surface area contributed by atoms with Gasteiger partial charge in [-0.3, -0.25) is 0 Å². The quantitative estimate of drug-likeness (QED) is 0.801. The minimum Gasteiger partial charge on any atom is -0.426 e. The molecule has 0 amide bonds. The van der Waals surface area contributed by atoms with Crippen molar-refractivity contribution in [2.75, 3.05) is 5.75 Å². The normalized spacial score (nSPS) is 11.8. The molecule has 0 N–H and O–H groups in total. The molecule has 1 heterocycles. The number of sulfone groups is 1. The number of aromatic nitrogens is 2. The first kappa shape index (κ1) is 16.3. The zero-order chi connectivity index (χ0) is 15.5. The van der Waals surface area contributed by atoms with Crippen molar-refractivity contribution in [2.24, 2.45) is 0 Å². The predicted molar refractivity (Wildman–Crippen MR) is 81.3 cm³/mol. The molecule has 0 saturated heterocycles. The molecule has 21 heavy (non-hydrogen) atoms. The Balaban J connectivity index is 1.90. The van der Waals surface area contributed by atoms with Crippen molar-refractivity contribution in [2.45, 2.75) is 25.5 Å². The molecule has 2 aromatic rings. The summed E-state index contributed by atoms with van der Waals surface area (Å²) in [5.41, 5.74) is 0.623. The Morgan fingerprint density at radius 1 is 1.19 bits per heavy atom. The van der Waals surface area contributed by atoms with Gasteiger partial charge in [0.25, 0.3) is 0 Å². The second kappa shape index (κ2) is 6.77. The summed E-state index contributed by atoms with van der Waals surface area (Å²) in [4.78, 5) is 0. The van der Waals surface area contributed by atoms with Crippen LogP contribution in [0.2, 0.25) is 10.0 Å². The average Bonchev–Trinajstić information content (AvgIpc) is 2.79. The SMILES string of the molecule is Cc1nnc(CCCS(=O)(=O)Cc2ccc(Cl)c(Cl)c2)o1. The molecular weight excluding hydrogens is 335 g/mol. The van der Waals surface area contributed by atoms with E-state index in [1.54, 1.807) is 25.1 Å². The molecule has 0 unspecified atom stereocenters. The van der Waals surface area contributed by atoms with Crippen molar-refractivity contribution in [3.05, 3.63) is 45.6 Å². The van der Waals surface area contributed by atoms with Crippen LogP contribution < -0.4 is 0 Å². The maximum atomic E-state index is 12.0. The van der Waals surface area contributed by atoms with Gasteiger partial charge in [0, 0.05) is 13.3 Å². The Kier molecular flexibility index (Phi) is 5.24. The molecule has 1 aromatic carbocycles. The van der Waals surface area contributed by atoms with E-state index < -0.39 is 9.84 Å². The van der Waals surface area contributed by atoms with Crippen LogP contribution in [0.5, 0.6) is 0 Å². The van der Waals surface area contributed by atoms with Gasteiger partial charge in [-0.05, 0) is 24.1 Å². The summed E-state index contributed by atoms with van der Waals surface area (Å²) in [5.74, 6) is 0.919. The van der Waals surface area contributed by atoms with E-state index in [4.69, 9.17) is 27.6 Å². The summed E-state index contributed by atoms with van der Waals surface area (Å²) in [6.45, 7) is 1.69. The van der Waals surface area contributed by atoms with Gasteiger partial charge >= 0.3 is 0 Å². The Hall–Kier alpha value is -1.11. The van der Waals surface area contributed by atoms with Gasteiger partial charge in [-0.25, -0.2) is 8.42 Å². The van der Waals surface area contributed by atoms with Crippen LogP contribution in [0, 0.1) is 6.92 Å². The lowest BCUT2D eigenvalue weighted by Crippen LogP contribution is -2.10. The molecule has 0 fully saturated rings. The van der Waals surface area contributed by atoms with Gasteiger partial charge in [0.1, 0.15) is 0 Å². The Morgan fingerprint density at radius 2 is 1.95 bits per heavy atom. The number of aryl methyl sites for hydroxylation is 2. The van der Waals surface area contributed by atoms with Crippen molar-refractivity contribution in [3.63, 3.8) is 0 Å². The molecule has 5 nitrogen and oxygen atoms in total. The van der Waals surface area contributed by atoms with Crippen LogP contribution in [0.15, 0.2) is 22.6 Å². The minimum absolute atomic E-state index is 0.0503. The Bertz CT molecular complexity index is 729. The first-order valence-electron chi connectivity index (χ1n) is 6.29. The van der Waals surface area contributed by atoms with Crippen LogP contribution in [0.4, 0.5) is 0 Å². The highest BCUT2D eigenvalue weighted by molar-refractivity contribution is 7.90. The maximum Gasteiger partial charge on any atom is 0.216 e. The highest BCUT2D eigenvalue weighted by Crippen LogP contribution is 2.23. The first-order chi connectivity index (χ1) is 9.85. The monoisotopic (exact) mass is 348 g/mol. The molecule has 0 atom stereocenters. The standard InChI is InChI=1S/C13H14Cl2N2O3S/c1-9-16-17-13(20-9)3-2-6-21(18,19)8-10-4-5-11(14)12(15)7-10/h4-5,7H,2-3,6,8H2,1H3. The third kappa shape index (κ3) is 4.98. The second-order valence-electron chi connectivity index (χ2n) is 4.66. The maximum absolute atomic E-state index is 12.0. The lowest BCUT2D eigenvalue weighted by atomic mass is 10.2. The fourth-order valence-corrected chi connectivity index (χ4v) is 3.57. The summed E-state index contributed by atoms with van der Waals surface area (Å²) in [5, 5.41) is 8.28. The molecule has 1 aromatic heterocycles. The summed E-state index contributed by atoms with van der Waals surface area (Å²) in [6, 6.07) is 4.83. The highest BCUT2D eigenvalue weighted by atomic mass is 35.5. The molecule has 0 aliphatic carbocycles. The first-order valence-corrected chi connectivity index (χ1v) is 8.87. The van der Waals surface area contributed by atoms with E-state index in [1.165, 1.54) is 0 Å². The smallest absolute Gasteiger partial charge is 0.216 e. The molecule has 2 rings (SSSR count). The molecular formula is C13H14Cl2N2O3S. The van der Waals surface area contributed by atoms with E-state index in [0.717, 1.165) is 0 Å². The Morgan fingerprint density at radius 3 is 2.57 bits per heavy atom. The van der Waals surface area contributed by atoms with Crippen LogP contribution >= 0.6 is 23.2 Å². The van der Waals surface area contributed by atoms with Crippen molar-refractivity contribution >= 4 is 33.0 Å². The lowest BCUT2D eigenvalue weighted by Gasteiger charge is -2.05. The fraction of sp³-hybridized carbons (Fsp3) is 0.385. The number of nitrogens with zero attached hydrogens (tertiary/aromatic N) is 2. The van der Waals surface area contributed by atoms with E-state index in [0.29, 0.717) is 40.2 Å². The Labute approximate surface area is 133 Å². The summed E-state index contributed by atoms with van der Waals surface area (Å²) >= 11 is 11.7. The number of benzene rings is 1. The van der Waals surface area contributed by atoms with Gasteiger partial charge < -0.3 is 4.42 Å². The van der Waals surface area contributed by atoms with Crippen molar-refractivity contribution in [1.82, 2.24) is 10.2 Å². The average molecular weight is 349 g/mol. The summed E-state index contributed by atoms with van der Waals surface area (Å²) in [7, 11) is -3.22. The number of halogens is 2. The van der Waals surface area contributed by atoms with E-state index in [-0.39, 0.29) is 11.5 Å². The van der Waals surface area contributed by atoms with Crippen molar-refractivity contribution in [1.29, 1.82) is 0 Å². The van der Waals surface area contributed by atoms with Gasteiger partial charge in [-0.2, -0.15) is 0 Å². The lowest BCUT2D eigenvalue weighted by molar-refractivity contribution is 0.465. The largest absolute Gasteiger partial charge is 0.426 e. The third-order valence-corrected chi connectivity index (χ3v) is 5.21. The van der Waals surface area contributed by atoms with E-state index in [2.05, 4.69) is 10.2 Å². The van der Waals surface area contributed by atoms with Crippen LogP contribution in [-0.4, -0.2) is 24.4 Å². The van der Waals surface area contributed by atoms with Gasteiger partial charge in [-0.1, -0.05) is 29.3 Å². The van der Waals surface area contributed by atoms with Gasteiger partial charge in [0.05, 0.1) is 21.6 Å². The number of hydrogen-bond acceptors (Lipinski definition) is 5. The van der Waals surface area contributed by atoms with Crippen molar-refractivity contribution in [3.8, 4) is 0 Å². The second-order valence-corrected chi connectivity index (χ2v) is 7.66. The van der Waals surface area contributed by atoms with Gasteiger partial charge in [0.2, 0.25) is 11.8 Å². The van der Waals surface area contributed by atoms with Gasteiger partial charge in [-0.15, -0.1) is 10.2 Å².